The van der Waals surface area contributed by atoms with E-state index in [0.29, 0.717) is 23.1 Å². The van der Waals surface area contributed by atoms with Crippen molar-refractivity contribution in [1.82, 2.24) is 9.97 Å². The fourth-order valence-corrected chi connectivity index (χ4v) is 1.59. The van der Waals surface area contributed by atoms with Crippen molar-refractivity contribution < 1.29 is 14.6 Å². The van der Waals surface area contributed by atoms with E-state index in [4.69, 9.17) is 21.4 Å². The monoisotopic (exact) mass is 290 g/mol. The molecular weight excluding hydrogens is 280 g/mol. The minimum atomic E-state index is -1.01. The van der Waals surface area contributed by atoms with E-state index in [1.54, 1.807) is 30.6 Å². The second-order valence-electron chi connectivity index (χ2n) is 3.85. The third-order valence-corrected chi connectivity index (χ3v) is 2.75. The van der Waals surface area contributed by atoms with Gasteiger partial charge in [-0.2, -0.15) is 0 Å². The Kier molecular flexibility index (Phi) is 4.68. The van der Waals surface area contributed by atoms with E-state index in [1.807, 2.05) is 0 Å². The molecule has 2 aromatic rings. The van der Waals surface area contributed by atoms with Crippen molar-refractivity contribution in [2.45, 2.75) is 6.61 Å². The van der Waals surface area contributed by atoms with Crippen molar-refractivity contribution in [3.63, 3.8) is 0 Å². The number of aliphatic carboxylic acids is 1. The molecule has 5 nitrogen and oxygen atoms in total. The summed E-state index contributed by atoms with van der Waals surface area (Å²) in [4.78, 5) is 18.3. The number of carboxylic acids is 1. The van der Waals surface area contributed by atoms with Gasteiger partial charge in [0, 0.05) is 24.0 Å². The Hall–Kier alpha value is -2.40. The van der Waals surface area contributed by atoms with Crippen LogP contribution in [0.2, 0.25) is 5.02 Å². The van der Waals surface area contributed by atoms with Crippen LogP contribution in [-0.2, 0) is 11.4 Å². The number of hydrogen-bond acceptors (Lipinski definition) is 4. The minimum absolute atomic E-state index is 0.313. The largest absolute Gasteiger partial charge is 0.487 e. The first-order valence-electron chi connectivity index (χ1n) is 5.73. The van der Waals surface area contributed by atoms with Gasteiger partial charge in [0.2, 0.25) is 0 Å². The quantitative estimate of drug-likeness (QED) is 0.857. The molecule has 0 spiro atoms. The molecule has 0 aromatic carbocycles. The summed E-state index contributed by atoms with van der Waals surface area (Å²) in [6, 6.07) is 5.16. The van der Waals surface area contributed by atoms with Crippen molar-refractivity contribution in [2.75, 3.05) is 0 Å². The van der Waals surface area contributed by atoms with Crippen molar-refractivity contribution in [2.24, 2.45) is 0 Å². The molecule has 0 amide bonds. The molecule has 0 bridgehead atoms. The molecule has 0 radical (unpaired) electrons. The summed E-state index contributed by atoms with van der Waals surface area (Å²) in [5.74, 6) is -0.440. The molecule has 102 valence electrons. The van der Waals surface area contributed by atoms with Crippen LogP contribution < -0.4 is 4.74 Å². The van der Waals surface area contributed by atoms with Crippen LogP contribution in [0.4, 0.5) is 0 Å². The Balaban J connectivity index is 1.97. The van der Waals surface area contributed by atoms with Crippen LogP contribution in [0.25, 0.3) is 6.08 Å². The lowest BCUT2D eigenvalue weighted by Gasteiger charge is -2.07. The molecule has 2 aromatic heterocycles. The lowest BCUT2D eigenvalue weighted by atomic mass is 10.3. The zero-order valence-electron chi connectivity index (χ0n) is 10.4. The Morgan fingerprint density at radius 1 is 1.35 bits per heavy atom. The van der Waals surface area contributed by atoms with E-state index in [9.17, 15) is 4.79 Å². The predicted octanol–water partition coefficient (Wildman–Crippen LogP) is 2.81. The van der Waals surface area contributed by atoms with Gasteiger partial charge in [0.05, 0.1) is 16.9 Å². The van der Waals surface area contributed by atoms with E-state index in [1.165, 1.54) is 12.3 Å². The van der Waals surface area contributed by atoms with E-state index in [-0.39, 0.29) is 0 Å². The van der Waals surface area contributed by atoms with Crippen LogP contribution in [0.5, 0.6) is 5.75 Å². The minimum Gasteiger partial charge on any atom is -0.487 e. The van der Waals surface area contributed by atoms with Crippen molar-refractivity contribution in [3.8, 4) is 5.75 Å². The third-order valence-electron chi connectivity index (χ3n) is 2.41. The van der Waals surface area contributed by atoms with Gasteiger partial charge in [-0.05, 0) is 24.3 Å². The van der Waals surface area contributed by atoms with Crippen molar-refractivity contribution in [1.29, 1.82) is 0 Å². The SMILES string of the molecule is O=C(O)C=Cc1ccc(OCc2ccncc2Cl)cn1. The second-order valence-corrected chi connectivity index (χ2v) is 4.25. The Labute approximate surface area is 120 Å². The number of ether oxygens (including phenoxy) is 1. The van der Waals surface area contributed by atoms with Gasteiger partial charge >= 0.3 is 5.97 Å². The fourth-order valence-electron chi connectivity index (χ4n) is 1.41. The molecule has 1 N–H and O–H groups in total. The van der Waals surface area contributed by atoms with Gasteiger partial charge in [-0.25, -0.2) is 4.79 Å². The second kappa shape index (κ2) is 6.68. The van der Waals surface area contributed by atoms with Crippen molar-refractivity contribution >= 4 is 23.6 Å². The molecule has 0 atom stereocenters. The summed E-state index contributed by atoms with van der Waals surface area (Å²) < 4.78 is 5.54. The van der Waals surface area contributed by atoms with Crippen LogP contribution in [0.3, 0.4) is 0 Å². The van der Waals surface area contributed by atoms with Gasteiger partial charge in [0.25, 0.3) is 0 Å². The van der Waals surface area contributed by atoms with Crippen LogP contribution in [0.1, 0.15) is 11.3 Å². The number of nitrogens with zero attached hydrogens (tertiary/aromatic N) is 2. The predicted molar refractivity (Wildman–Crippen MR) is 74.5 cm³/mol. The molecule has 0 aliphatic rings. The Morgan fingerprint density at radius 2 is 2.20 bits per heavy atom. The van der Waals surface area contributed by atoms with Gasteiger partial charge in [0.1, 0.15) is 12.4 Å². The average molecular weight is 291 g/mol. The maximum Gasteiger partial charge on any atom is 0.328 e. The standard InChI is InChI=1S/C14H11ClN2O3/c15-13-8-16-6-5-10(13)9-20-12-3-1-11(17-7-12)2-4-14(18)19/h1-8H,9H2,(H,18,19). The zero-order chi connectivity index (χ0) is 14.4. The number of carboxylic acid groups (broad SMARTS) is 1. The molecule has 0 saturated heterocycles. The highest BCUT2D eigenvalue weighted by Gasteiger charge is 2.01. The van der Waals surface area contributed by atoms with Crippen LogP contribution in [0, 0.1) is 0 Å². The highest BCUT2D eigenvalue weighted by Crippen LogP contribution is 2.17. The first kappa shape index (κ1) is 14.0. The molecule has 20 heavy (non-hydrogen) atoms. The molecular formula is C14H11ClN2O3. The normalized spacial score (nSPS) is 10.7. The van der Waals surface area contributed by atoms with Gasteiger partial charge in [-0.1, -0.05) is 11.6 Å². The lowest BCUT2D eigenvalue weighted by molar-refractivity contribution is -0.131. The van der Waals surface area contributed by atoms with Crippen LogP contribution in [-0.4, -0.2) is 21.0 Å². The van der Waals surface area contributed by atoms with Gasteiger partial charge in [0.15, 0.2) is 0 Å². The lowest BCUT2D eigenvalue weighted by Crippen LogP contribution is -1.97. The van der Waals surface area contributed by atoms with E-state index >= 15 is 0 Å². The smallest absolute Gasteiger partial charge is 0.328 e. The maximum atomic E-state index is 10.4. The maximum absolute atomic E-state index is 10.4. The Bertz CT molecular complexity index is 627. The highest BCUT2D eigenvalue weighted by molar-refractivity contribution is 6.31. The van der Waals surface area contributed by atoms with Crippen molar-refractivity contribution in [3.05, 3.63) is 59.1 Å². The first-order chi connectivity index (χ1) is 9.65. The summed E-state index contributed by atoms with van der Waals surface area (Å²) in [5.41, 5.74) is 1.37. The van der Waals surface area contributed by atoms with E-state index < -0.39 is 5.97 Å². The van der Waals surface area contributed by atoms with Gasteiger partial charge < -0.3 is 9.84 Å². The summed E-state index contributed by atoms with van der Waals surface area (Å²) >= 11 is 5.96. The number of halogens is 1. The Morgan fingerprint density at radius 3 is 2.85 bits per heavy atom. The molecule has 0 unspecified atom stereocenters. The van der Waals surface area contributed by atoms with Crippen LogP contribution in [0.15, 0.2) is 42.9 Å². The fraction of sp³-hybridized carbons (Fsp3) is 0.0714. The summed E-state index contributed by atoms with van der Waals surface area (Å²) in [7, 11) is 0. The van der Waals surface area contributed by atoms with E-state index in [0.717, 1.165) is 11.6 Å². The van der Waals surface area contributed by atoms with Gasteiger partial charge in [-0.15, -0.1) is 0 Å². The molecule has 0 aliphatic heterocycles. The molecule has 2 heterocycles. The molecule has 2 rings (SSSR count). The summed E-state index contributed by atoms with van der Waals surface area (Å²) in [5, 5.41) is 9.05. The molecule has 0 aliphatic carbocycles. The molecule has 0 fully saturated rings. The highest BCUT2D eigenvalue weighted by atomic mass is 35.5. The molecule has 6 heteroatoms. The number of carbonyl (C=O) groups is 1. The number of aromatic nitrogens is 2. The summed E-state index contributed by atoms with van der Waals surface area (Å²) in [6.07, 6.45) is 7.16. The third kappa shape index (κ3) is 4.07. The topological polar surface area (TPSA) is 72.3 Å². The zero-order valence-corrected chi connectivity index (χ0v) is 11.1. The average Bonchev–Trinajstić information content (AvgIpc) is 2.45. The number of hydrogen-bond donors (Lipinski definition) is 1. The number of rotatable bonds is 5. The van der Waals surface area contributed by atoms with Crippen LogP contribution >= 0.6 is 11.6 Å². The van der Waals surface area contributed by atoms with Gasteiger partial charge in [-0.3, -0.25) is 9.97 Å². The molecule has 0 saturated carbocycles. The first-order valence-corrected chi connectivity index (χ1v) is 6.11. The van der Waals surface area contributed by atoms with E-state index in [2.05, 4.69) is 9.97 Å². The summed E-state index contributed by atoms with van der Waals surface area (Å²) in [6.45, 7) is 0.313. The number of pyridine rings is 2.